The van der Waals surface area contributed by atoms with Crippen LogP contribution in [0.2, 0.25) is 5.02 Å². The molecule has 2 aliphatic heterocycles. The van der Waals surface area contributed by atoms with Crippen LogP contribution in [0.3, 0.4) is 0 Å². The van der Waals surface area contributed by atoms with Crippen molar-refractivity contribution in [3.05, 3.63) is 34.7 Å². The third-order valence-corrected chi connectivity index (χ3v) is 8.72. The summed E-state index contributed by atoms with van der Waals surface area (Å²) in [5.74, 6) is 2.06. The number of nitrogen functional groups attached to an aromatic ring is 1. The van der Waals surface area contributed by atoms with Crippen LogP contribution in [0.4, 0.5) is 11.6 Å². The Morgan fingerprint density at radius 2 is 1.84 bits per heavy atom. The minimum atomic E-state index is 0.126. The zero-order chi connectivity index (χ0) is 26.4. The number of halogens is 1. The van der Waals surface area contributed by atoms with Gasteiger partial charge in [-0.3, -0.25) is 4.90 Å². The fourth-order valence-electron chi connectivity index (χ4n) is 5.30. The normalized spacial score (nSPS) is 19.3. The zero-order valence-corrected chi connectivity index (χ0v) is 23.0. The molecule has 4 aromatic rings. The number of nitrogens with zero attached hydrogens (tertiary/aromatic N) is 6. The van der Waals surface area contributed by atoms with Gasteiger partial charge in [0.15, 0.2) is 5.16 Å². The number of likely N-dealkylation sites (tertiary alicyclic amines) is 1. The van der Waals surface area contributed by atoms with Crippen LogP contribution in [-0.2, 0) is 13.0 Å². The molecule has 12 heteroatoms. The molecule has 0 amide bonds. The molecule has 1 atom stereocenters. The lowest BCUT2D eigenvalue weighted by Crippen LogP contribution is -2.39. The van der Waals surface area contributed by atoms with E-state index < -0.39 is 0 Å². The number of rotatable bonds is 6. The number of anilines is 2. The van der Waals surface area contributed by atoms with Crippen molar-refractivity contribution in [3.63, 3.8) is 0 Å². The van der Waals surface area contributed by atoms with E-state index in [-0.39, 0.29) is 12.1 Å². The molecule has 2 aliphatic rings. The first-order chi connectivity index (χ1) is 18.4. The van der Waals surface area contributed by atoms with Gasteiger partial charge in [0.05, 0.1) is 22.5 Å². The Labute approximate surface area is 230 Å². The van der Waals surface area contributed by atoms with E-state index in [2.05, 4.69) is 26.7 Å². The molecular weight excluding hydrogens is 520 g/mol. The molecule has 0 radical (unpaired) electrons. The molecule has 10 nitrogen and oxygen atoms in total. The monoisotopic (exact) mass is 552 g/mol. The maximum atomic E-state index is 6.75. The molecule has 0 spiro atoms. The lowest BCUT2D eigenvalue weighted by atomic mass is 10.1. The Morgan fingerprint density at radius 1 is 1.05 bits per heavy atom. The van der Waals surface area contributed by atoms with Gasteiger partial charge < -0.3 is 27.1 Å². The molecular formula is C26H33ClN10S. The summed E-state index contributed by atoms with van der Waals surface area (Å²) < 4.78 is 0. The van der Waals surface area contributed by atoms with Gasteiger partial charge >= 0.3 is 0 Å². The molecule has 2 fully saturated rings. The van der Waals surface area contributed by atoms with Crippen molar-refractivity contribution in [2.24, 2.45) is 11.5 Å². The summed E-state index contributed by atoms with van der Waals surface area (Å²) in [6, 6.07) is 6.42. The van der Waals surface area contributed by atoms with Gasteiger partial charge in [-0.15, -0.1) is 0 Å². The van der Waals surface area contributed by atoms with Crippen molar-refractivity contribution in [2.75, 3.05) is 36.8 Å². The molecule has 3 aromatic heterocycles. The second kappa shape index (κ2) is 10.5. The summed E-state index contributed by atoms with van der Waals surface area (Å²) in [6.45, 7) is 6.23. The Kier molecular flexibility index (Phi) is 7.04. The van der Waals surface area contributed by atoms with Crippen molar-refractivity contribution in [2.45, 2.75) is 61.3 Å². The van der Waals surface area contributed by atoms with E-state index >= 15 is 0 Å². The third kappa shape index (κ3) is 5.01. The number of aromatic nitrogens is 5. The number of piperidine rings is 1. The van der Waals surface area contributed by atoms with Crippen LogP contribution in [-0.4, -0.2) is 68.1 Å². The number of benzene rings is 1. The molecule has 2 saturated heterocycles. The summed E-state index contributed by atoms with van der Waals surface area (Å²) in [5.41, 5.74) is 21.1. The maximum Gasteiger partial charge on any atom is 0.196 e. The van der Waals surface area contributed by atoms with Crippen LogP contribution in [0.1, 0.15) is 37.7 Å². The number of fused-ring (bicyclic) bond motifs is 2. The van der Waals surface area contributed by atoms with E-state index in [1.165, 1.54) is 11.8 Å². The Balaban J connectivity index is 1.32. The molecule has 1 aromatic carbocycles. The number of hydrogen-bond acceptors (Lipinski definition) is 10. The van der Waals surface area contributed by atoms with Crippen LogP contribution in [0.25, 0.3) is 21.9 Å². The van der Waals surface area contributed by atoms with Gasteiger partial charge in [-0.2, -0.15) is 0 Å². The molecule has 6 rings (SSSR count). The number of aromatic amines is 1. The van der Waals surface area contributed by atoms with E-state index in [9.17, 15) is 0 Å². The molecule has 7 N–H and O–H groups in total. The summed E-state index contributed by atoms with van der Waals surface area (Å²) >= 11 is 8.24. The van der Waals surface area contributed by atoms with Gasteiger partial charge in [0.1, 0.15) is 23.1 Å². The lowest BCUT2D eigenvalue weighted by Gasteiger charge is -2.29. The van der Waals surface area contributed by atoms with Crippen molar-refractivity contribution in [1.29, 1.82) is 0 Å². The first-order valence-corrected chi connectivity index (χ1v) is 14.4. The average Bonchev–Trinajstić information content (AvgIpc) is 3.47. The maximum absolute atomic E-state index is 6.75. The van der Waals surface area contributed by atoms with Crippen LogP contribution in [0, 0.1) is 0 Å². The van der Waals surface area contributed by atoms with Crippen molar-refractivity contribution in [3.8, 4) is 0 Å². The van der Waals surface area contributed by atoms with Crippen molar-refractivity contribution < 1.29 is 0 Å². The van der Waals surface area contributed by atoms with E-state index in [1.807, 2.05) is 18.2 Å². The summed E-state index contributed by atoms with van der Waals surface area (Å²) in [6.07, 6.45) is 3.70. The molecule has 0 bridgehead atoms. The minimum Gasteiger partial charge on any atom is -0.383 e. The zero-order valence-electron chi connectivity index (χ0n) is 21.5. The Hall–Kier alpha value is -2.70. The summed E-state index contributed by atoms with van der Waals surface area (Å²) in [5, 5.41) is 3.03. The van der Waals surface area contributed by atoms with Crippen LogP contribution in [0.5, 0.6) is 0 Å². The largest absolute Gasteiger partial charge is 0.383 e. The van der Waals surface area contributed by atoms with Crippen LogP contribution < -0.4 is 22.1 Å². The highest BCUT2D eigenvalue weighted by Crippen LogP contribution is 2.38. The van der Waals surface area contributed by atoms with Crippen LogP contribution in [0.15, 0.2) is 28.3 Å². The second-order valence-electron chi connectivity index (χ2n) is 10.2. The molecule has 0 unspecified atom stereocenters. The predicted octanol–water partition coefficient (Wildman–Crippen LogP) is 3.31. The van der Waals surface area contributed by atoms with Crippen LogP contribution >= 0.6 is 23.4 Å². The number of nitrogens with two attached hydrogens (primary N) is 3. The van der Waals surface area contributed by atoms with Gasteiger partial charge in [0.25, 0.3) is 0 Å². The van der Waals surface area contributed by atoms with Gasteiger partial charge in [-0.25, -0.2) is 19.9 Å². The highest BCUT2D eigenvalue weighted by atomic mass is 35.5. The number of hydrogen-bond donors (Lipinski definition) is 4. The van der Waals surface area contributed by atoms with Gasteiger partial charge in [-0.1, -0.05) is 18.5 Å². The summed E-state index contributed by atoms with van der Waals surface area (Å²) in [7, 11) is 0. The van der Waals surface area contributed by atoms with E-state index in [1.54, 1.807) is 0 Å². The molecule has 38 heavy (non-hydrogen) atoms. The van der Waals surface area contributed by atoms with Gasteiger partial charge in [0.2, 0.25) is 0 Å². The van der Waals surface area contributed by atoms with E-state index in [4.69, 9.17) is 43.8 Å². The second-order valence-corrected chi connectivity index (χ2v) is 11.7. The SMILES string of the molecule is CCc1[nH]c2nc(Sc3ccc4c(N)nc(CN5CCC(N)CC5)nc4c3)nc(N3CC[C@H](N)C3)c2c1Cl. The molecule has 5 heterocycles. The number of nitrogens with one attached hydrogen (secondary N) is 1. The van der Waals surface area contributed by atoms with Crippen molar-refractivity contribution >= 4 is 56.9 Å². The minimum absolute atomic E-state index is 0.126. The first-order valence-electron chi connectivity index (χ1n) is 13.2. The van der Waals surface area contributed by atoms with E-state index in [0.29, 0.717) is 22.5 Å². The standard InChI is InChI=1S/C26H33ClN10S/c1-2-18-22(27)21-24(32-18)34-26(35-25(21)37-10-7-15(29)12-37)38-16-3-4-17-19(11-16)31-20(33-23(17)30)13-36-8-5-14(28)6-9-36/h3-4,11,14-15H,2,5-10,12-13,28-29H2,1H3,(H2,30,31,33)(H,32,34,35)/t15-/m0/s1. The average molecular weight is 553 g/mol. The Bertz CT molecular complexity index is 1480. The highest BCUT2D eigenvalue weighted by molar-refractivity contribution is 7.99. The fourth-order valence-corrected chi connectivity index (χ4v) is 6.44. The third-order valence-electron chi connectivity index (χ3n) is 7.45. The first kappa shape index (κ1) is 25.6. The smallest absolute Gasteiger partial charge is 0.196 e. The molecule has 0 aliphatic carbocycles. The number of H-pyrrole nitrogens is 1. The van der Waals surface area contributed by atoms with Gasteiger partial charge in [0, 0.05) is 54.2 Å². The lowest BCUT2D eigenvalue weighted by molar-refractivity contribution is 0.201. The number of aryl methyl sites for hydroxylation is 1. The topological polar surface area (TPSA) is 152 Å². The fraction of sp³-hybridized carbons (Fsp3) is 0.462. The highest BCUT2D eigenvalue weighted by Gasteiger charge is 2.26. The predicted molar refractivity (Wildman–Crippen MR) is 154 cm³/mol. The molecule has 0 saturated carbocycles. The van der Waals surface area contributed by atoms with E-state index in [0.717, 1.165) is 96.0 Å². The van der Waals surface area contributed by atoms with Crippen molar-refractivity contribution in [1.82, 2.24) is 29.8 Å². The molecule has 200 valence electrons. The quantitative estimate of drug-likeness (QED) is 0.262. The van der Waals surface area contributed by atoms with Gasteiger partial charge in [-0.05, 0) is 55.6 Å². The Morgan fingerprint density at radius 3 is 2.58 bits per heavy atom. The summed E-state index contributed by atoms with van der Waals surface area (Å²) in [4.78, 5) is 28.1.